The van der Waals surface area contributed by atoms with Gasteiger partial charge in [0.05, 0.1) is 18.7 Å². The second-order valence-electron chi connectivity index (χ2n) is 9.08. The first-order valence-electron chi connectivity index (χ1n) is 11.3. The molecular formula is C26H31N5O2. The maximum atomic E-state index is 13.6. The summed E-state index contributed by atoms with van der Waals surface area (Å²) < 4.78 is 5.26. The normalized spacial score (nSPS) is 16.4. The van der Waals surface area contributed by atoms with Gasteiger partial charge in [-0.1, -0.05) is 12.1 Å². The fourth-order valence-electron chi connectivity index (χ4n) is 4.42. The maximum Gasteiger partial charge on any atom is 0.232 e. The number of hydrogen-bond donors (Lipinski definition) is 1. The molecule has 4 rings (SSSR count). The number of aromatic nitrogens is 3. The molecule has 0 aliphatic carbocycles. The fourth-order valence-corrected chi connectivity index (χ4v) is 4.42. The van der Waals surface area contributed by atoms with Crippen LogP contribution >= 0.6 is 0 Å². The lowest BCUT2D eigenvalue weighted by Crippen LogP contribution is -2.47. The number of nitrogens with one attached hydrogen (secondary N) is 1. The van der Waals surface area contributed by atoms with Gasteiger partial charge in [0.2, 0.25) is 5.91 Å². The number of carbonyl (C=O) groups excluding carboxylic acids is 1. The zero-order valence-corrected chi connectivity index (χ0v) is 19.7. The molecule has 3 heterocycles. The Morgan fingerprint density at radius 2 is 1.97 bits per heavy atom. The maximum absolute atomic E-state index is 13.6. The molecule has 33 heavy (non-hydrogen) atoms. The molecule has 0 radical (unpaired) electrons. The second kappa shape index (κ2) is 9.57. The minimum absolute atomic E-state index is 0.142. The molecule has 1 aliphatic rings. The minimum atomic E-state index is -0.618. The Bertz CT molecular complexity index is 1100. The molecule has 1 atom stereocenters. The van der Waals surface area contributed by atoms with Crippen molar-refractivity contribution in [3.8, 4) is 5.75 Å². The van der Waals surface area contributed by atoms with E-state index in [0.29, 0.717) is 12.4 Å². The number of hydrogen-bond acceptors (Lipinski definition) is 6. The van der Waals surface area contributed by atoms with Crippen LogP contribution in [0.15, 0.2) is 55.0 Å². The summed E-state index contributed by atoms with van der Waals surface area (Å²) in [6.45, 7) is 7.41. The van der Waals surface area contributed by atoms with Crippen molar-refractivity contribution >= 4 is 17.4 Å². The number of rotatable bonds is 6. The molecule has 7 heteroatoms. The van der Waals surface area contributed by atoms with Crippen LogP contribution in [0.1, 0.15) is 49.6 Å². The summed E-state index contributed by atoms with van der Waals surface area (Å²) in [5.74, 6) is 1.81. The van der Waals surface area contributed by atoms with Gasteiger partial charge in [-0.15, -0.1) is 0 Å². The zero-order valence-electron chi connectivity index (χ0n) is 19.7. The lowest BCUT2D eigenvalue weighted by atomic mass is 9.82. The summed E-state index contributed by atoms with van der Waals surface area (Å²) in [5.41, 5.74) is 3.23. The van der Waals surface area contributed by atoms with Crippen molar-refractivity contribution < 1.29 is 9.53 Å². The van der Waals surface area contributed by atoms with Crippen LogP contribution in [0.2, 0.25) is 0 Å². The molecule has 1 aliphatic heterocycles. The van der Waals surface area contributed by atoms with Crippen LogP contribution in [0, 0.1) is 6.92 Å². The topological polar surface area (TPSA) is 80.2 Å². The van der Waals surface area contributed by atoms with Crippen LogP contribution in [0.4, 0.5) is 11.5 Å². The average Bonchev–Trinajstić information content (AvgIpc) is 2.84. The van der Waals surface area contributed by atoms with Crippen LogP contribution in [0.5, 0.6) is 5.75 Å². The van der Waals surface area contributed by atoms with Gasteiger partial charge in [0.1, 0.15) is 11.6 Å². The van der Waals surface area contributed by atoms with Gasteiger partial charge in [-0.2, -0.15) is 0 Å². The molecule has 172 valence electrons. The van der Waals surface area contributed by atoms with E-state index in [2.05, 4.69) is 21.4 Å². The van der Waals surface area contributed by atoms with Crippen molar-refractivity contribution in [1.82, 2.24) is 19.9 Å². The van der Waals surface area contributed by atoms with Crippen LogP contribution in [0.3, 0.4) is 0 Å². The Kier molecular flexibility index (Phi) is 6.58. The Labute approximate surface area is 195 Å². The van der Waals surface area contributed by atoms with E-state index in [1.165, 1.54) is 0 Å². The molecule has 0 bridgehead atoms. The number of nitrogens with zero attached hydrogens (tertiary/aromatic N) is 4. The molecule has 0 spiro atoms. The van der Waals surface area contributed by atoms with E-state index in [9.17, 15) is 4.79 Å². The van der Waals surface area contributed by atoms with Gasteiger partial charge in [0, 0.05) is 48.5 Å². The van der Waals surface area contributed by atoms with E-state index in [-0.39, 0.29) is 11.8 Å². The van der Waals surface area contributed by atoms with Crippen molar-refractivity contribution in [1.29, 1.82) is 0 Å². The van der Waals surface area contributed by atoms with Crippen LogP contribution < -0.4 is 10.1 Å². The zero-order chi connectivity index (χ0) is 23.4. The lowest BCUT2D eigenvalue weighted by molar-refractivity contribution is -0.137. The first kappa shape index (κ1) is 22.7. The largest absolute Gasteiger partial charge is 0.497 e. The highest BCUT2D eigenvalue weighted by molar-refractivity contribution is 5.87. The van der Waals surface area contributed by atoms with Gasteiger partial charge in [-0.25, -0.2) is 4.98 Å². The van der Waals surface area contributed by atoms with Crippen molar-refractivity contribution in [2.24, 2.45) is 0 Å². The van der Waals surface area contributed by atoms with Crippen LogP contribution in [-0.4, -0.2) is 46.0 Å². The number of carbonyl (C=O) groups is 1. The Morgan fingerprint density at radius 1 is 1.18 bits per heavy atom. The van der Waals surface area contributed by atoms with Gasteiger partial charge in [0.25, 0.3) is 0 Å². The number of amides is 1. The van der Waals surface area contributed by atoms with Crippen molar-refractivity contribution in [3.63, 3.8) is 0 Å². The molecule has 1 saturated heterocycles. The number of likely N-dealkylation sites (tertiary alicyclic amines) is 1. The number of ether oxygens (including phenoxy) is 1. The smallest absolute Gasteiger partial charge is 0.232 e. The number of methoxy groups -OCH3 is 1. The van der Waals surface area contributed by atoms with E-state index in [1.807, 2.05) is 56.0 Å². The first-order valence-corrected chi connectivity index (χ1v) is 11.3. The molecule has 1 fully saturated rings. The van der Waals surface area contributed by atoms with Crippen molar-refractivity contribution in [2.45, 2.75) is 44.9 Å². The molecule has 0 saturated carbocycles. The number of anilines is 2. The highest BCUT2D eigenvalue weighted by atomic mass is 16.5. The summed E-state index contributed by atoms with van der Waals surface area (Å²) in [4.78, 5) is 28.8. The molecular weight excluding hydrogens is 414 g/mol. The molecule has 3 aromatic rings. The quantitative estimate of drug-likeness (QED) is 0.597. The van der Waals surface area contributed by atoms with E-state index in [0.717, 1.165) is 47.8 Å². The Balaban J connectivity index is 1.51. The second-order valence-corrected chi connectivity index (χ2v) is 9.08. The average molecular weight is 446 g/mol. The predicted octanol–water partition coefficient (Wildman–Crippen LogP) is 4.62. The Morgan fingerprint density at radius 3 is 2.67 bits per heavy atom. The summed E-state index contributed by atoms with van der Waals surface area (Å²) in [6, 6.07) is 11.8. The van der Waals surface area contributed by atoms with Gasteiger partial charge < -0.3 is 15.0 Å². The van der Waals surface area contributed by atoms with Crippen LogP contribution in [-0.2, 0) is 10.2 Å². The SMILES string of the molecule is COc1ccc(C(C)(C)C(=O)N2CCCC(c3cc(Nc4cnccn4)cc(C)n3)C2)cc1. The number of aryl methyl sites for hydroxylation is 1. The molecule has 1 amide bonds. The van der Waals surface area contributed by atoms with E-state index >= 15 is 0 Å². The van der Waals surface area contributed by atoms with E-state index in [4.69, 9.17) is 9.72 Å². The number of piperidine rings is 1. The fraction of sp³-hybridized carbons (Fsp3) is 0.385. The highest BCUT2D eigenvalue weighted by Crippen LogP contribution is 2.33. The minimum Gasteiger partial charge on any atom is -0.497 e. The standard InChI is InChI=1S/C26H31N5O2/c1-18-14-21(30-24-16-27-11-12-28-24)15-23(29-18)19-6-5-13-31(17-19)25(32)26(2,3)20-7-9-22(33-4)10-8-20/h7-12,14-16,19H,5-6,13,17H2,1-4H3,(H,28,29,30). The summed E-state index contributed by atoms with van der Waals surface area (Å²) >= 11 is 0. The summed E-state index contributed by atoms with van der Waals surface area (Å²) in [7, 11) is 1.65. The summed E-state index contributed by atoms with van der Waals surface area (Å²) in [6.07, 6.45) is 6.96. The molecule has 1 aromatic carbocycles. The molecule has 1 unspecified atom stereocenters. The third-order valence-electron chi connectivity index (χ3n) is 6.28. The first-order chi connectivity index (χ1) is 15.9. The van der Waals surface area contributed by atoms with Gasteiger partial charge >= 0.3 is 0 Å². The summed E-state index contributed by atoms with van der Waals surface area (Å²) in [5, 5.41) is 3.31. The predicted molar refractivity (Wildman–Crippen MR) is 129 cm³/mol. The van der Waals surface area contributed by atoms with Crippen molar-refractivity contribution in [3.05, 3.63) is 71.9 Å². The number of benzene rings is 1. The van der Waals surface area contributed by atoms with Gasteiger partial charge in [-0.05, 0) is 63.4 Å². The van der Waals surface area contributed by atoms with Gasteiger partial charge in [0.15, 0.2) is 0 Å². The molecule has 1 N–H and O–H groups in total. The highest BCUT2D eigenvalue weighted by Gasteiger charge is 2.36. The van der Waals surface area contributed by atoms with Crippen LogP contribution in [0.25, 0.3) is 0 Å². The molecule has 2 aromatic heterocycles. The monoisotopic (exact) mass is 445 g/mol. The van der Waals surface area contributed by atoms with Crippen molar-refractivity contribution in [2.75, 3.05) is 25.5 Å². The van der Waals surface area contributed by atoms with E-state index < -0.39 is 5.41 Å². The van der Waals surface area contributed by atoms with Gasteiger partial charge in [-0.3, -0.25) is 14.8 Å². The molecule has 7 nitrogen and oxygen atoms in total. The number of pyridine rings is 1. The Hall–Kier alpha value is -3.48. The van der Waals surface area contributed by atoms with E-state index in [1.54, 1.807) is 25.7 Å². The third-order valence-corrected chi connectivity index (χ3v) is 6.28. The lowest BCUT2D eigenvalue weighted by Gasteiger charge is -2.38. The third kappa shape index (κ3) is 5.13.